The van der Waals surface area contributed by atoms with E-state index in [1.54, 1.807) is 0 Å². The molecule has 0 aromatic heterocycles. The predicted molar refractivity (Wildman–Crippen MR) is 76.2 cm³/mol. The highest BCUT2D eigenvalue weighted by Gasteiger charge is 2.27. The second-order valence-electron chi connectivity index (χ2n) is 5.67. The van der Waals surface area contributed by atoms with Crippen molar-refractivity contribution in [3.05, 3.63) is 35.4 Å². The molecule has 1 aromatic rings. The van der Waals surface area contributed by atoms with E-state index in [0.717, 1.165) is 11.1 Å². The molecule has 0 amide bonds. The van der Waals surface area contributed by atoms with Crippen LogP contribution in [0.1, 0.15) is 42.9 Å². The molecule has 1 N–H and O–H groups in total. The van der Waals surface area contributed by atoms with Crippen LogP contribution in [-0.2, 0) is 4.74 Å². The van der Waals surface area contributed by atoms with Crippen molar-refractivity contribution in [2.24, 2.45) is 0 Å². The molecule has 0 spiro atoms. The van der Waals surface area contributed by atoms with Gasteiger partial charge < -0.3 is 10.1 Å². The van der Waals surface area contributed by atoms with Crippen LogP contribution in [0.5, 0.6) is 0 Å². The Labute approximate surface area is 123 Å². The first-order valence-corrected chi connectivity index (χ1v) is 7.42. The first-order valence-electron chi connectivity index (χ1n) is 7.42. The molecule has 0 saturated heterocycles. The lowest BCUT2D eigenvalue weighted by atomic mass is 10.1. The lowest BCUT2D eigenvalue weighted by Crippen LogP contribution is -2.25. The van der Waals surface area contributed by atoms with Crippen molar-refractivity contribution in [3.63, 3.8) is 0 Å². The molecule has 0 heterocycles. The van der Waals surface area contributed by atoms with Gasteiger partial charge in [0.15, 0.2) is 0 Å². The first-order chi connectivity index (χ1) is 9.94. The maximum Gasteiger partial charge on any atom is 0.389 e. The van der Waals surface area contributed by atoms with Crippen molar-refractivity contribution in [2.75, 3.05) is 13.2 Å². The van der Waals surface area contributed by atoms with Crippen LogP contribution in [0.15, 0.2) is 24.3 Å². The second-order valence-corrected chi connectivity index (χ2v) is 5.67. The van der Waals surface area contributed by atoms with Crippen molar-refractivity contribution in [2.45, 2.75) is 50.9 Å². The van der Waals surface area contributed by atoms with Crippen LogP contribution in [0.2, 0.25) is 0 Å². The Kier molecular flexibility index (Phi) is 5.65. The van der Waals surface area contributed by atoms with Crippen molar-refractivity contribution in [3.8, 4) is 0 Å². The summed E-state index contributed by atoms with van der Waals surface area (Å²) in [6.07, 6.45) is -2.71. The number of hydrogen-bond acceptors (Lipinski definition) is 2. The van der Waals surface area contributed by atoms with Gasteiger partial charge in [0.25, 0.3) is 0 Å². The van der Waals surface area contributed by atoms with Crippen LogP contribution in [-0.4, -0.2) is 25.4 Å². The number of hydrogen-bond donors (Lipinski definition) is 1. The van der Waals surface area contributed by atoms with Crippen LogP contribution in [0.4, 0.5) is 13.2 Å². The van der Waals surface area contributed by atoms with Crippen LogP contribution in [0, 0.1) is 6.92 Å². The molecule has 21 heavy (non-hydrogen) atoms. The third kappa shape index (κ3) is 6.48. The minimum atomic E-state index is -4.10. The minimum absolute atomic E-state index is 0.00917. The van der Waals surface area contributed by atoms with Gasteiger partial charge in [-0.3, -0.25) is 0 Å². The fraction of sp³-hybridized carbons (Fsp3) is 0.625. The number of benzene rings is 1. The molecule has 1 saturated carbocycles. The molecule has 1 atom stereocenters. The fourth-order valence-electron chi connectivity index (χ4n) is 2.20. The molecule has 1 aliphatic rings. The molecule has 2 rings (SSSR count). The highest BCUT2D eigenvalue weighted by molar-refractivity contribution is 5.24. The third-order valence-electron chi connectivity index (χ3n) is 3.51. The molecular weight excluding hydrogens is 279 g/mol. The molecule has 1 aromatic carbocycles. The summed E-state index contributed by atoms with van der Waals surface area (Å²) in [6, 6.07) is 8.50. The number of alkyl halides is 3. The third-order valence-corrected chi connectivity index (χ3v) is 3.51. The number of ether oxygens (including phenoxy) is 1. The Morgan fingerprint density at radius 3 is 2.71 bits per heavy atom. The monoisotopic (exact) mass is 301 g/mol. The van der Waals surface area contributed by atoms with E-state index in [1.165, 1.54) is 12.8 Å². The maximum absolute atomic E-state index is 12.2. The molecule has 1 fully saturated rings. The fourth-order valence-corrected chi connectivity index (χ4v) is 2.20. The molecule has 0 radical (unpaired) electrons. The van der Waals surface area contributed by atoms with Crippen LogP contribution < -0.4 is 5.32 Å². The lowest BCUT2D eigenvalue weighted by Gasteiger charge is -2.20. The molecule has 0 bridgehead atoms. The van der Waals surface area contributed by atoms with Crippen molar-refractivity contribution in [1.82, 2.24) is 5.32 Å². The summed E-state index contributed by atoms with van der Waals surface area (Å²) >= 11 is 0. The van der Waals surface area contributed by atoms with Gasteiger partial charge in [-0.15, -0.1) is 0 Å². The average Bonchev–Trinajstić information content (AvgIpc) is 3.20. The molecule has 0 aliphatic heterocycles. The number of rotatable bonds is 8. The van der Waals surface area contributed by atoms with Gasteiger partial charge in [-0.1, -0.05) is 29.8 Å². The summed E-state index contributed by atoms with van der Waals surface area (Å²) in [5.74, 6) is 0. The van der Waals surface area contributed by atoms with E-state index in [9.17, 15) is 13.2 Å². The Balaban J connectivity index is 1.85. The van der Waals surface area contributed by atoms with Gasteiger partial charge in [-0.2, -0.15) is 13.2 Å². The van der Waals surface area contributed by atoms with Gasteiger partial charge in [-0.05, 0) is 31.7 Å². The molecule has 118 valence electrons. The highest BCUT2D eigenvalue weighted by Crippen LogP contribution is 2.25. The maximum atomic E-state index is 12.2. The van der Waals surface area contributed by atoms with Crippen molar-refractivity contribution < 1.29 is 17.9 Å². The number of halogens is 3. The molecule has 2 nitrogen and oxygen atoms in total. The molecule has 1 unspecified atom stereocenters. The van der Waals surface area contributed by atoms with E-state index in [1.807, 2.05) is 31.2 Å². The zero-order valence-corrected chi connectivity index (χ0v) is 12.2. The highest BCUT2D eigenvalue weighted by atomic mass is 19.4. The number of aryl methyl sites for hydroxylation is 1. The summed E-state index contributed by atoms with van der Waals surface area (Å²) in [5.41, 5.74) is 2.15. The summed E-state index contributed by atoms with van der Waals surface area (Å²) in [5, 5.41) is 3.38. The van der Waals surface area contributed by atoms with Gasteiger partial charge in [0, 0.05) is 25.6 Å². The Morgan fingerprint density at radius 1 is 1.33 bits per heavy atom. The molecular formula is C16H22F3NO. The van der Waals surface area contributed by atoms with Gasteiger partial charge in [-0.25, -0.2) is 0 Å². The predicted octanol–water partition coefficient (Wildman–Crippen LogP) is 4.15. The summed E-state index contributed by atoms with van der Waals surface area (Å²) in [4.78, 5) is 0. The Hall–Kier alpha value is -1.07. The summed E-state index contributed by atoms with van der Waals surface area (Å²) in [7, 11) is 0. The molecule has 5 heteroatoms. The smallest absolute Gasteiger partial charge is 0.372 e. The zero-order chi connectivity index (χ0) is 15.3. The van der Waals surface area contributed by atoms with Crippen molar-refractivity contribution >= 4 is 0 Å². The normalized spacial score (nSPS) is 17.0. The van der Waals surface area contributed by atoms with Crippen LogP contribution in [0.25, 0.3) is 0 Å². The summed E-state index contributed by atoms with van der Waals surface area (Å²) < 4.78 is 42.1. The second kappa shape index (κ2) is 7.27. The van der Waals surface area contributed by atoms with E-state index >= 15 is 0 Å². The molecule has 1 aliphatic carbocycles. The topological polar surface area (TPSA) is 21.3 Å². The SMILES string of the molecule is Cc1cccc(C(CNC2CC2)OCCCC(F)(F)F)c1. The van der Waals surface area contributed by atoms with Gasteiger partial charge >= 0.3 is 6.18 Å². The number of nitrogens with one attached hydrogen (secondary N) is 1. The van der Waals surface area contributed by atoms with E-state index in [4.69, 9.17) is 4.74 Å². The standard InChI is InChI=1S/C16H22F3NO/c1-12-4-2-5-13(10-12)15(11-20-14-6-7-14)21-9-3-8-16(17,18)19/h2,4-5,10,14-15,20H,3,6-9,11H2,1H3. The lowest BCUT2D eigenvalue weighted by molar-refractivity contribution is -0.138. The summed E-state index contributed by atoms with van der Waals surface area (Å²) in [6.45, 7) is 2.78. The minimum Gasteiger partial charge on any atom is -0.372 e. The van der Waals surface area contributed by atoms with Crippen molar-refractivity contribution in [1.29, 1.82) is 0 Å². The average molecular weight is 301 g/mol. The Bertz CT molecular complexity index is 443. The Morgan fingerprint density at radius 2 is 2.10 bits per heavy atom. The van der Waals surface area contributed by atoms with Gasteiger partial charge in [0.05, 0.1) is 6.10 Å². The van der Waals surface area contributed by atoms with Crippen LogP contribution >= 0.6 is 0 Å². The van der Waals surface area contributed by atoms with Crippen LogP contribution in [0.3, 0.4) is 0 Å². The zero-order valence-electron chi connectivity index (χ0n) is 12.2. The van der Waals surface area contributed by atoms with E-state index < -0.39 is 12.6 Å². The largest absolute Gasteiger partial charge is 0.389 e. The van der Waals surface area contributed by atoms with Gasteiger partial charge in [0.1, 0.15) is 0 Å². The van der Waals surface area contributed by atoms with E-state index in [0.29, 0.717) is 12.6 Å². The van der Waals surface area contributed by atoms with E-state index in [-0.39, 0.29) is 19.1 Å². The quantitative estimate of drug-likeness (QED) is 0.728. The van der Waals surface area contributed by atoms with E-state index in [2.05, 4.69) is 5.32 Å². The first kappa shape index (κ1) is 16.3. The van der Waals surface area contributed by atoms with Gasteiger partial charge in [0.2, 0.25) is 0 Å².